The Morgan fingerprint density at radius 3 is 2.12 bits per heavy atom. The van der Waals surface area contributed by atoms with Gasteiger partial charge in [0, 0.05) is 10.2 Å². The molecule has 0 N–H and O–H groups in total. The summed E-state index contributed by atoms with van der Waals surface area (Å²) in [6, 6.07) is 8.46. The molecular formula is C16H19Si. The molecule has 1 rings (SSSR count). The summed E-state index contributed by atoms with van der Waals surface area (Å²) >= 11 is 0. The summed E-state index contributed by atoms with van der Waals surface area (Å²) in [5, 5.41) is -0.0941. The van der Waals surface area contributed by atoms with Crippen molar-refractivity contribution >= 4 is 10.2 Å². The second kappa shape index (κ2) is 6.41. The monoisotopic (exact) mass is 239 g/mol. The van der Waals surface area contributed by atoms with Crippen LogP contribution < -0.4 is 0 Å². The van der Waals surface area contributed by atoms with E-state index in [4.69, 9.17) is 0 Å². The van der Waals surface area contributed by atoms with Crippen molar-refractivity contribution in [1.82, 2.24) is 0 Å². The van der Waals surface area contributed by atoms with Crippen LogP contribution in [-0.2, 0) is 11.5 Å². The van der Waals surface area contributed by atoms with E-state index < -0.39 is 0 Å². The summed E-state index contributed by atoms with van der Waals surface area (Å²) < 4.78 is 0. The zero-order valence-electron chi connectivity index (χ0n) is 10.3. The first-order valence-corrected chi connectivity index (χ1v) is 6.34. The molecule has 87 valence electrons. The van der Waals surface area contributed by atoms with Crippen LogP contribution in [0.5, 0.6) is 0 Å². The maximum atomic E-state index is 3.92. The molecule has 17 heavy (non-hydrogen) atoms. The van der Waals surface area contributed by atoms with E-state index in [0.29, 0.717) is 0 Å². The van der Waals surface area contributed by atoms with E-state index in [1.165, 1.54) is 11.1 Å². The van der Waals surface area contributed by atoms with E-state index in [0.717, 1.165) is 19.3 Å². The number of hydrogen-bond donors (Lipinski definition) is 0. The molecule has 0 heterocycles. The molecule has 0 amide bonds. The van der Waals surface area contributed by atoms with E-state index in [1.54, 1.807) is 0 Å². The fourth-order valence-electron chi connectivity index (χ4n) is 2.12. The minimum atomic E-state index is -0.0941. The van der Waals surface area contributed by atoms with Gasteiger partial charge in [0.2, 0.25) is 0 Å². The van der Waals surface area contributed by atoms with Gasteiger partial charge in [-0.15, -0.1) is 19.7 Å². The van der Waals surface area contributed by atoms with E-state index >= 15 is 0 Å². The van der Waals surface area contributed by atoms with Crippen LogP contribution in [0, 0.1) is 0 Å². The van der Waals surface area contributed by atoms with Crippen LogP contribution in [0.2, 0.25) is 0 Å². The lowest BCUT2D eigenvalue weighted by Gasteiger charge is -2.30. The molecule has 1 aromatic rings. The summed E-state index contributed by atoms with van der Waals surface area (Å²) in [6.45, 7) is 11.5. The van der Waals surface area contributed by atoms with Crippen LogP contribution in [0.25, 0.3) is 0 Å². The lowest BCUT2D eigenvalue weighted by Crippen LogP contribution is -2.26. The molecule has 0 spiro atoms. The summed E-state index contributed by atoms with van der Waals surface area (Å²) in [4.78, 5) is 0. The second-order valence-electron chi connectivity index (χ2n) is 4.22. The van der Waals surface area contributed by atoms with E-state index in [1.807, 2.05) is 18.2 Å². The topological polar surface area (TPSA) is 0 Å². The van der Waals surface area contributed by atoms with Crippen molar-refractivity contribution in [2.75, 3.05) is 0 Å². The molecule has 0 bridgehead atoms. The average Bonchev–Trinajstić information content (AvgIpc) is 2.31. The van der Waals surface area contributed by atoms with Crippen molar-refractivity contribution in [2.45, 2.75) is 24.3 Å². The van der Waals surface area contributed by atoms with Gasteiger partial charge in [0.25, 0.3) is 0 Å². The van der Waals surface area contributed by atoms with E-state index in [-0.39, 0.29) is 5.04 Å². The van der Waals surface area contributed by atoms with Crippen molar-refractivity contribution in [3.05, 3.63) is 73.4 Å². The molecule has 0 aliphatic heterocycles. The SMILES string of the molecule is C=CCc1ccccc1C([Si])(CC=C)CC=C. The fraction of sp³-hybridized carbons (Fsp3) is 0.250. The third-order valence-corrected chi connectivity index (χ3v) is 3.56. The van der Waals surface area contributed by atoms with Gasteiger partial charge in [0.05, 0.1) is 0 Å². The van der Waals surface area contributed by atoms with Gasteiger partial charge in [0.1, 0.15) is 0 Å². The van der Waals surface area contributed by atoms with Gasteiger partial charge in [-0.3, -0.25) is 0 Å². The molecule has 0 aromatic heterocycles. The zero-order valence-corrected chi connectivity index (χ0v) is 11.3. The summed E-state index contributed by atoms with van der Waals surface area (Å²) in [5.74, 6) is 0. The summed E-state index contributed by atoms with van der Waals surface area (Å²) in [7, 11) is 3.92. The molecule has 1 heteroatoms. The van der Waals surface area contributed by atoms with Crippen molar-refractivity contribution in [1.29, 1.82) is 0 Å². The van der Waals surface area contributed by atoms with E-state index in [2.05, 4.69) is 54.2 Å². The van der Waals surface area contributed by atoms with Gasteiger partial charge in [0.15, 0.2) is 0 Å². The Morgan fingerprint density at radius 1 is 1.00 bits per heavy atom. The smallest absolute Gasteiger partial charge is 0.0387 e. The van der Waals surface area contributed by atoms with Crippen LogP contribution in [0.1, 0.15) is 24.0 Å². The summed E-state index contributed by atoms with van der Waals surface area (Å²) in [6.07, 6.45) is 8.47. The van der Waals surface area contributed by atoms with Crippen LogP contribution in [0.15, 0.2) is 62.2 Å². The fourth-order valence-corrected chi connectivity index (χ4v) is 2.65. The predicted octanol–water partition coefficient (Wildman–Crippen LogP) is 3.93. The molecular weight excluding hydrogens is 220 g/mol. The minimum absolute atomic E-state index is 0.0941. The number of hydrogen-bond acceptors (Lipinski definition) is 0. The Hall–Kier alpha value is -1.34. The molecule has 0 fully saturated rings. The Labute approximate surface area is 108 Å². The van der Waals surface area contributed by atoms with E-state index in [9.17, 15) is 0 Å². The first-order valence-electron chi connectivity index (χ1n) is 5.84. The first kappa shape index (κ1) is 13.7. The highest BCUT2D eigenvalue weighted by Crippen LogP contribution is 2.32. The molecule has 1 aromatic carbocycles. The number of benzene rings is 1. The van der Waals surface area contributed by atoms with Gasteiger partial charge < -0.3 is 0 Å². The summed E-state index contributed by atoms with van der Waals surface area (Å²) in [5.41, 5.74) is 2.61. The zero-order chi connectivity index (χ0) is 12.7. The first-order chi connectivity index (χ1) is 8.18. The Balaban J connectivity index is 3.20. The molecule has 0 saturated heterocycles. The van der Waals surface area contributed by atoms with Crippen LogP contribution in [-0.4, -0.2) is 10.2 Å². The molecule has 0 saturated carbocycles. The van der Waals surface area contributed by atoms with Crippen molar-refractivity contribution in [3.8, 4) is 0 Å². The third kappa shape index (κ3) is 3.30. The van der Waals surface area contributed by atoms with Crippen LogP contribution in [0.3, 0.4) is 0 Å². The average molecular weight is 239 g/mol. The highest BCUT2D eigenvalue weighted by Gasteiger charge is 2.25. The Morgan fingerprint density at radius 2 is 1.59 bits per heavy atom. The highest BCUT2D eigenvalue weighted by molar-refractivity contribution is 6.16. The van der Waals surface area contributed by atoms with Crippen molar-refractivity contribution in [3.63, 3.8) is 0 Å². The molecule has 0 aliphatic rings. The Bertz CT molecular complexity index is 394. The quantitative estimate of drug-likeness (QED) is 0.499. The minimum Gasteiger partial charge on any atom is -0.103 e. The van der Waals surface area contributed by atoms with Gasteiger partial charge in [-0.1, -0.05) is 42.5 Å². The normalized spacial score (nSPS) is 10.9. The van der Waals surface area contributed by atoms with Gasteiger partial charge in [-0.2, -0.15) is 0 Å². The largest absolute Gasteiger partial charge is 0.103 e. The standard InChI is InChI=1S/C16H19Si/c1-4-9-14-10-7-8-11-15(14)16(17,12-5-2)13-6-3/h4-8,10-11H,1-3,9,12-13H2. The van der Waals surface area contributed by atoms with Crippen LogP contribution in [0.4, 0.5) is 0 Å². The number of rotatable bonds is 7. The maximum Gasteiger partial charge on any atom is 0.0387 e. The van der Waals surface area contributed by atoms with Crippen molar-refractivity contribution < 1.29 is 0 Å². The maximum absolute atomic E-state index is 3.92. The van der Waals surface area contributed by atoms with Crippen LogP contribution >= 0.6 is 0 Å². The van der Waals surface area contributed by atoms with Gasteiger partial charge in [-0.25, -0.2) is 0 Å². The molecule has 0 atom stereocenters. The molecule has 0 aliphatic carbocycles. The molecule has 3 radical (unpaired) electrons. The second-order valence-corrected chi connectivity index (χ2v) is 5.17. The third-order valence-electron chi connectivity index (χ3n) is 2.88. The molecule has 0 nitrogen and oxygen atoms in total. The number of allylic oxidation sites excluding steroid dienone is 3. The van der Waals surface area contributed by atoms with Gasteiger partial charge >= 0.3 is 0 Å². The lowest BCUT2D eigenvalue weighted by atomic mass is 9.86. The Kier molecular flexibility index (Phi) is 5.17. The highest BCUT2D eigenvalue weighted by atomic mass is 28.1. The van der Waals surface area contributed by atoms with Crippen molar-refractivity contribution in [2.24, 2.45) is 0 Å². The lowest BCUT2D eigenvalue weighted by molar-refractivity contribution is 0.622. The molecule has 0 unspecified atom stereocenters. The predicted molar refractivity (Wildman–Crippen MR) is 77.4 cm³/mol. The van der Waals surface area contributed by atoms with Gasteiger partial charge in [-0.05, 0) is 35.4 Å².